The molecular weight excluding hydrogens is 368 g/mol. The van der Waals surface area contributed by atoms with E-state index in [-0.39, 0.29) is 5.91 Å². The van der Waals surface area contributed by atoms with Crippen LogP contribution in [-0.4, -0.2) is 46.6 Å². The molecule has 1 amide bonds. The van der Waals surface area contributed by atoms with Crippen molar-refractivity contribution >= 4 is 22.8 Å². The number of carboxylic acids is 1. The standard InChI is InChI=1S/C23H24N2O4/c1-15-22(19-7-2-3-8-20(19)24-15)16-9-11-25(12-10-16)23(28)17-5-4-6-18(13-17)29-14-21(26)27/h2-8,13,16,24H,9-12,14H2,1H3,(H,26,27). The number of rotatable bonds is 5. The van der Waals surface area contributed by atoms with E-state index in [4.69, 9.17) is 9.84 Å². The Kier molecular flexibility index (Phi) is 5.25. The van der Waals surface area contributed by atoms with Crippen LogP contribution in [0, 0.1) is 6.92 Å². The van der Waals surface area contributed by atoms with E-state index in [1.165, 1.54) is 16.6 Å². The number of ether oxygens (including phenoxy) is 1. The lowest BCUT2D eigenvalue weighted by atomic mass is 9.87. The number of carboxylic acid groups (broad SMARTS) is 1. The number of carbonyl (C=O) groups excluding carboxylic acids is 1. The van der Waals surface area contributed by atoms with Gasteiger partial charge in [-0.1, -0.05) is 24.3 Å². The van der Waals surface area contributed by atoms with Gasteiger partial charge in [0, 0.05) is 35.2 Å². The Morgan fingerprint density at radius 3 is 2.66 bits per heavy atom. The van der Waals surface area contributed by atoms with Gasteiger partial charge in [0.1, 0.15) is 5.75 Å². The summed E-state index contributed by atoms with van der Waals surface area (Å²) in [5.41, 5.74) is 4.27. The highest BCUT2D eigenvalue weighted by Gasteiger charge is 2.27. The summed E-state index contributed by atoms with van der Waals surface area (Å²) in [6.07, 6.45) is 1.84. The van der Waals surface area contributed by atoms with Crippen LogP contribution in [0.15, 0.2) is 48.5 Å². The first-order valence-electron chi connectivity index (χ1n) is 9.84. The van der Waals surface area contributed by atoms with Crippen LogP contribution in [0.3, 0.4) is 0 Å². The molecule has 0 aliphatic carbocycles. The van der Waals surface area contributed by atoms with Crippen LogP contribution >= 0.6 is 0 Å². The van der Waals surface area contributed by atoms with Crippen molar-refractivity contribution in [2.75, 3.05) is 19.7 Å². The maximum Gasteiger partial charge on any atom is 0.341 e. The summed E-state index contributed by atoms with van der Waals surface area (Å²) in [6.45, 7) is 3.09. The van der Waals surface area contributed by atoms with Gasteiger partial charge in [-0.15, -0.1) is 0 Å². The number of hydrogen-bond acceptors (Lipinski definition) is 3. The molecule has 4 rings (SSSR count). The van der Waals surface area contributed by atoms with E-state index in [1.54, 1.807) is 24.3 Å². The van der Waals surface area contributed by atoms with Crippen molar-refractivity contribution in [2.45, 2.75) is 25.7 Å². The van der Waals surface area contributed by atoms with Crippen LogP contribution in [0.2, 0.25) is 0 Å². The molecular formula is C23H24N2O4. The summed E-state index contributed by atoms with van der Waals surface area (Å²) >= 11 is 0. The first kappa shape index (κ1) is 19.1. The van der Waals surface area contributed by atoms with E-state index >= 15 is 0 Å². The van der Waals surface area contributed by atoms with Gasteiger partial charge in [-0.2, -0.15) is 0 Å². The predicted molar refractivity (Wildman–Crippen MR) is 110 cm³/mol. The van der Waals surface area contributed by atoms with Crippen molar-refractivity contribution < 1.29 is 19.4 Å². The molecule has 0 spiro atoms. The van der Waals surface area contributed by atoms with Gasteiger partial charge in [0.2, 0.25) is 0 Å². The molecule has 2 heterocycles. The second kappa shape index (κ2) is 7.99. The van der Waals surface area contributed by atoms with Crippen molar-refractivity contribution in [1.29, 1.82) is 0 Å². The molecule has 1 aliphatic rings. The van der Waals surface area contributed by atoms with E-state index in [9.17, 15) is 9.59 Å². The molecule has 2 aromatic carbocycles. The van der Waals surface area contributed by atoms with Crippen molar-refractivity contribution in [3.05, 3.63) is 65.4 Å². The molecule has 29 heavy (non-hydrogen) atoms. The molecule has 0 radical (unpaired) electrons. The molecule has 0 atom stereocenters. The largest absolute Gasteiger partial charge is 0.482 e. The molecule has 1 aliphatic heterocycles. The number of amides is 1. The third kappa shape index (κ3) is 3.97. The third-order valence-corrected chi connectivity index (χ3v) is 5.58. The van der Waals surface area contributed by atoms with Gasteiger partial charge in [0.25, 0.3) is 5.91 Å². The van der Waals surface area contributed by atoms with Crippen molar-refractivity contribution in [3.63, 3.8) is 0 Å². The molecule has 0 unspecified atom stereocenters. The zero-order valence-corrected chi connectivity index (χ0v) is 16.4. The Labute approximate surface area is 169 Å². The number of nitrogens with one attached hydrogen (secondary N) is 1. The second-order valence-corrected chi connectivity index (χ2v) is 7.49. The molecule has 6 nitrogen and oxygen atoms in total. The topological polar surface area (TPSA) is 82.6 Å². The highest BCUT2D eigenvalue weighted by Crippen LogP contribution is 2.35. The second-order valence-electron chi connectivity index (χ2n) is 7.49. The number of H-pyrrole nitrogens is 1. The number of aliphatic carboxylic acids is 1. The van der Waals surface area contributed by atoms with Crippen LogP contribution in [0.5, 0.6) is 5.75 Å². The van der Waals surface area contributed by atoms with Crippen LogP contribution < -0.4 is 4.74 Å². The Morgan fingerprint density at radius 1 is 1.14 bits per heavy atom. The number of likely N-dealkylation sites (tertiary alicyclic amines) is 1. The van der Waals surface area contributed by atoms with Crippen LogP contribution in [0.1, 0.15) is 40.4 Å². The van der Waals surface area contributed by atoms with Gasteiger partial charge in [-0.05, 0) is 55.5 Å². The fourth-order valence-electron chi connectivity index (χ4n) is 4.24. The summed E-state index contributed by atoms with van der Waals surface area (Å²) in [4.78, 5) is 28.9. The van der Waals surface area contributed by atoms with Gasteiger partial charge in [-0.3, -0.25) is 4.79 Å². The Morgan fingerprint density at radius 2 is 1.90 bits per heavy atom. The van der Waals surface area contributed by atoms with E-state index in [1.807, 2.05) is 11.0 Å². The van der Waals surface area contributed by atoms with Gasteiger partial charge < -0.3 is 19.7 Å². The van der Waals surface area contributed by atoms with E-state index in [0.717, 1.165) is 18.4 Å². The molecule has 1 saturated heterocycles. The number of para-hydroxylation sites is 1. The number of piperidine rings is 1. The quantitative estimate of drug-likeness (QED) is 0.689. The average molecular weight is 392 g/mol. The smallest absolute Gasteiger partial charge is 0.341 e. The Bertz CT molecular complexity index is 1050. The zero-order chi connectivity index (χ0) is 20.4. The molecule has 150 valence electrons. The summed E-state index contributed by atoms with van der Waals surface area (Å²) in [7, 11) is 0. The summed E-state index contributed by atoms with van der Waals surface area (Å²) in [5, 5.41) is 10.0. The summed E-state index contributed by atoms with van der Waals surface area (Å²) in [6, 6.07) is 15.1. The number of aromatic nitrogens is 1. The molecule has 3 aromatic rings. The molecule has 1 aromatic heterocycles. The maximum atomic E-state index is 12.9. The van der Waals surface area contributed by atoms with Crippen LogP contribution in [-0.2, 0) is 4.79 Å². The molecule has 1 fully saturated rings. The number of aryl methyl sites for hydroxylation is 1. The number of carbonyl (C=O) groups is 2. The zero-order valence-electron chi connectivity index (χ0n) is 16.4. The lowest BCUT2D eigenvalue weighted by Gasteiger charge is -2.32. The van der Waals surface area contributed by atoms with Gasteiger partial charge in [-0.25, -0.2) is 4.79 Å². The van der Waals surface area contributed by atoms with Crippen molar-refractivity contribution in [1.82, 2.24) is 9.88 Å². The Hall–Kier alpha value is -3.28. The molecule has 2 N–H and O–H groups in total. The van der Waals surface area contributed by atoms with Gasteiger partial charge in [0.05, 0.1) is 0 Å². The molecule has 0 bridgehead atoms. The van der Waals surface area contributed by atoms with Crippen molar-refractivity contribution in [3.8, 4) is 5.75 Å². The third-order valence-electron chi connectivity index (χ3n) is 5.58. The molecule has 6 heteroatoms. The first-order valence-corrected chi connectivity index (χ1v) is 9.84. The van der Waals surface area contributed by atoms with E-state index in [0.29, 0.717) is 30.3 Å². The number of nitrogens with zero attached hydrogens (tertiary/aromatic N) is 1. The first-order chi connectivity index (χ1) is 14.0. The fraction of sp³-hybridized carbons (Fsp3) is 0.304. The number of fused-ring (bicyclic) bond motifs is 1. The minimum atomic E-state index is -1.05. The predicted octanol–water partition coefficient (Wildman–Crippen LogP) is 3.96. The lowest BCUT2D eigenvalue weighted by molar-refractivity contribution is -0.139. The van der Waals surface area contributed by atoms with E-state index in [2.05, 4.69) is 30.1 Å². The van der Waals surface area contributed by atoms with Crippen molar-refractivity contribution in [2.24, 2.45) is 0 Å². The highest BCUT2D eigenvalue weighted by atomic mass is 16.5. The van der Waals surface area contributed by atoms with Crippen LogP contribution in [0.25, 0.3) is 10.9 Å². The molecule has 0 saturated carbocycles. The number of aromatic amines is 1. The van der Waals surface area contributed by atoms with Crippen LogP contribution in [0.4, 0.5) is 0 Å². The highest BCUT2D eigenvalue weighted by molar-refractivity contribution is 5.94. The Balaban J connectivity index is 1.44. The van der Waals surface area contributed by atoms with E-state index < -0.39 is 12.6 Å². The minimum absolute atomic E-state index is 0.0418. The lowest BCUT2D eigenvalue weighted by Crippen LogP contribution is -2.38. The van der Waals surface area contributed by atoms with Gasteiger partial charge in [0.15, 0.2) is 6.61 Å². The number of benzene rings is 2. The SMILES string of the molecule is Cc1[nH]c2ccccc2c1C1CCN(C(=O)c2cccc(OCC(=O)O)c2)CC1. The fourth-order valence-corrected chi connectivity index (χ4v) is 4.24. The summed E-state index contributed by atoms with van der Waals surface area (Å²) < 4.78 is 5.19. The average Bonchev–Trinajstić information content (AvgIpc) is 3.07. The normalized spacial score (nSPS) is 14.9. The number of hydrogen-bond donors (Lipinski definition) is 2. The monoisotopic (exact) mass is 392 g/mol. The van der Waals surface area contributed by atoms with Gasteiger partial charge >= 0.3 is 5.97 Å². The maximum absolute atomic E-state index is 12.9. The summed E-state index contributed by atoms with van der Waals surface area (Å²) in [5.74, 6) is -0.265. The minimum Gasteiger partial charge on any atom is -0.482 e.